The Labute approximate surface area is 85.1 Å². The molecule has 2 heteroatoms. The molecular weight excluding hydrogens is 194 g/mol. The topological polar surface area (TPSA) is 0 Å². The summed E-state index contributed by atoms with van der Waals surface area (Å²) < 4.78 is 0. The van der Waals surface area contributed by atoms with Crippen LogP contribution in [0.2, 0.25) is 0 Å². The molecule has 0 aliphatic carbocycles. The van der Waals surface area contributed by atoms with Gasteiger partial charge in [0, 0.05) is 0 Å². The lowest BCUT2D eigenvalue weighted by Crippen LogP contribution is -2.20. The molecule has 0 N–H and O–H groups in total. The Morgan fingerprint density at radius 2 is 1.54 bits per heavy atom. The SMILES string of the molecule is CPc1ccccc1PC(C)(C)C. The van der Waals surface area contributed by atoms with Crippen LogP contribution in [-0.2, 0) is 0 Å². The van der Waals surface area contributed by atoms with Crippen molar-refractivity contribution in [2.75, 3.05) is 6.66 Å². The number of hydrogen-bond donors (Lipinski definition) is 0. The molecule has 0 saturated carbocycles. The maximum Gasteiger partial charge on any atom is -0.0166 e. The van der Waals surface area contributed by atoms with Crippen molar-refractivity contribution in [1.82, 2.24) is 0 Å². The fourth-order valence-corrected chi connectivity index (χ4v) is 3.60. The van der Waals surface area contributed by atoms with Crippen LogP contribution in [0.5, 0.6) is 0 Å². The zero-order chi connectivity index (χ0) is 9.90. The normalized spacial score (nSPS) is 13.5. The first-order valence-corrected chi connectivity index (χ1v) is 7.08. The molecule has 1 aromatic rings. The maximum atomic E-state index is 2.31. The molecule has 0 nitrogen and oxygen atoms in total. The van der Waals surface area contributed by atoms with E-state index < -0.39 is 0 Å². The molecule has 0 spiro atoms. The average molecular weight is 212 g/mol. The van der Waals surface area contributed by atoms with Gasteiger partial charge in [0.2, 0.25) is 0 Å². The minimum absolute atomic E-state index is 0.426. The summed E-state index contributed by atoms with van der Waals surface area (Å²) in [4.78, 5) is 0. The van der Waals surface area contributed by atoms with E-state index in [0.717, 1.165) is 17.2 Å². The van der Waals surface area contributed by atoms with E-state index in [1.807, 2.05) is 0 Å². The molecule has 0 aliphatic rings. The Balaban J connectivity index is 2.87. The quantitative estimate of drug-likeness (QED) is 0.661. The zero-order valence-corrected chi connectivity index (χ0v) is 10.8. The van der Waals surface area contributed by atoms with E-state index in [4.69, 9.17) is 0 Å². The molecule has 2 atom stereocenters. The highest BCUT2D eigenvalue weighted by Gasteiger charge is 2.12. The molecule has 0 saturated heterocycles. The number of benzene rings is 1. The third-order valence-corrected chi connectivity index (χ3v) is 4.39. The largest absolute Gasteiger partial charge is 0.0929 e. The summed E-state index contributed by atoms with van der Waals surface area (Å²) in [7, 11) is 1.85. The van der Waals surface area contributed by atoms with Gasteiger partial charge in [-0.15, -0.1) is 0 Å². The van der Waals surface area contributed by atoms with Crippen molar-refractivity contribution in [3.05, 3.63) is 24.3 Å². The van der Waals surface area contributed by atoms with Crippen LogP contribution in [0.1, 0.15) is 20.8 Å². The van der Waals surface area contributed by atoms with Gasteiger partial charge in [-0.1, -0.05) is 62.2 Å². The van der Waals surface area contributed by atoms with Gasteiger partial charge in [-0.2, -0.15) is 0 Å². The Hall–Kier alpha value is 0.0800. The van der Waals surface area contributed by atoms with Crippen molar-refractivity contribution < 1.29 is 0 Å². The summed E-state index contributed by atoms with van der Waals surface area (Å²) in [6, 6.07) is 8.82. The second-order valence-corrected chi connectivity index (χ2v) is 7.50. The molecule has 0 aromatic heterocycles. The predicted molar refractivity (Wildman–Crippen MR) is 68.0 cm³/mol. The molecule has 0 aliphatic heterocycles. The molecule has 1 rings (SSSR count). The van der Waals surface area contributed by atoms with Crippen LogP contribution in [0.25, 0.3) is 0 Å². The molecule has 13 heavy (non-hydrogen) atoms. The molecule has 72 valence electrons. The van der Waals surface area contributed by atoms with Gasteiger partial charge in [0.25, 0.3) is 0 Å². The highest BCUT2D eigenvalue weighted by molar-refractivity contribution is 7.54. The Kier molecular flexibility index (Phi) is 3.89. The monoisotopic (exact) mass is 212 g/mol. The Morgan fingerprint density at radius 3 is 2.00 bits per heavy atom. The van der Waals surface area contributed by atoms with Crippen molar-refractivity contribution in [3.8, 4) is 0 Å². The van der Waals surface area contributed by atoms with Crippen LogP contribution in [-0.4, -0.2) is 11.8 Å². The fourth-order valence-electron chi connectivity index (χ4n) is 1.21. The summed E-state index contributed by atoms with van der Waals surface area (Å²) in [6.07, 6.45) is 0. The van der Waals surface area contributed by atoms with E-state index in [0.29, 0.717) is 5.16 Å². The summed E-state index contributed by atoms with van der Waals surface area (Å²) >= 11 is 0. The lowest BCUT2D eigenvalue weighted by molar-refractivity contribution is 0.799. The molecule has 0 heterocycles. The van der Waals surface area contributed by atoms with E-state index in [9.17, 15) is 0 Å². The van der Waals surface area contributed by atoms with Crippen molar-refractivity contribution in [2.45, 2.75) is 25.9 Å². The van der Waals surface area contributed by atoms with Gasteiger partial charge in [0.15, 0.2) is 0 Å². The lowest BCUT2D eigenvalue weighted by atomic mass is 10.3. The standard InChI is InChI=1S/C11H18P2/c1-11(2,3)13-10-8-6-5-7-9(10)12-4/h5-8,12-13H,1-4H3. The van der Waals surface area contributed by atoms with E-state index in [1.54, 1.807) is 5.30 Å². The summed E-state index contributed by atoms with van der Waals surface area (Å²) in [6.45, 7) is 9.18. The van der Waals surface area contributed by atoms with Gasteiger partial charge in [0.05, 0.1) is 0 Å². The zero-order valence-electron chi connectivity index (χ0n) is 8.81. The molecular formula is C11H18P2. The Morgan fingerprint density at radius 1 is 1.00 bits per heavy atom. The lowest BCUT2D eigenvalue weighted by Gasteiger charge is -2.20. The number of hydrogen-bond acceptors (Lipinski definition) is 0. The first kappa shape index (κ1) is 11.2. The van der Waals surface area contributed by atoms with Crippen LogP contribution >= 0.6 is 17.2 Å². The predicted octanol–water partition coefficient (Wildman–Crippen LogP) is 2.72. The van der Waals surface area contributed by atoms with Gasteiger partial charge >= 0.3 is 0 Å². The maximum absolute atomic E-state index is 2.31. The first-order valence-electron chi connectivity index (χ1n) is 4.58. The van der Waals surface area contributed by atoms with Crippen LogP contribution < -0.4 is 10.6 Å². The Bertz CT molecular complexity index is 274. The highest BCUT2D eigenvalue weighted by atomic mass is 31.1. The summed E-state index contributed by atoms with van der Waals surface area (Å²) in [5.74, 6) is 0. The van der Waals surface area contributed by atoms with Gasteiger partial charge in [-0.3, -0.25) is 0 Å². The van der Waals surface area contributed by atoms with Crippen LogP contribution in [0.15, 0.2) is 24.3 Å². The molecule has 1 aromatic carbocycles. The second-order valence-electron chi connectivity index (χ2n) is 4.17. The van der Waals surface area contributed by atoms with Crippen molar-refractivity contribution in [3.63, 3.8) is 0 Å². The first-order chi connectivity index (χ1) is 6.03. The summed E-state index contributed by atoms with van der Waals surface area (Å²) in [5, 5.41) is 3.52. The minimum atomic E-state index is 0.426. The fraction of sp³-hybridized carbons (Fsp3) is 0.455. The van der Waals surface area contributed by atoms with Gasteiger partial charge in [0.1, 0.15) is 0 Å². The van der Waals surface area contributed by atoms with E-state index in [2.05, 4.69) is 51.7 Å². The highest BCUT2D eigenvalue weighted by Crippen LogP contribution is 2.29. The van der Waals surface area contributed by atoms with Crippen molar-refractivity contribution in [2.24, 2.45) is 0 Å². The second kappa shape index (κ2) is 4.54. The molecule has 0 radical (unpaired) electrons. The van der Waals surface area contributed by atoms with Crippen molar-refractivity contribution in [1.29, 1.82) is 0 Å². The van der Waals surface area contributed by atoms with Gasteiger partial charge < -0.3 is 0 Å². The molecule has 0 amide bonds. The molecule has 2 unspecified atom stereocenters. The van der Waals surface area contributed by atoms with Crippen molar-refractivity contribution >= 4 is 27.8 Å². The minimum Gasteiger partial charge on any atom is -0.0929 e. The molecule has 0 fully saturated rings. The average Bonchev–Trinajstić information content (AvgIpc) is 2.02. The number of rotatable bonds is 2. The molecule has 0 bridgehead atoms. The van der Waals surface area contributed by atoms with Crippen LogP contribution in [0.4, 0.5) is 0 Å². The third-order valence-electron chi connectivity index (χ3n) is 1.71. The van der Waals surface area contributed by atoms with Crippen LogP contribution in [0, 0.1) is 0 Å². The van der Waals surface area contributed by atoms with Gasteiger partial charge in [-0.25, -0.2) is 0 Å². The third kappa shape index (κ3) is 3.75. The van der Waals surface area contributed by atoms with E-state index in [1.165, 1.54) is 5.30 Å². The van der Waals surface area contributed by atoms with Crippen LogP contribution in [0.3, 0.4) is 0 Å². The van der Waals surface area contributed by atoms with E-state index in [-0.39, 0.29) is 0 Å². The van der Waals surface area contributed by atoms with E-state index >= 15 is 0 Å². The summed E-state index contributed by atoms with van der Waals surface area (Å²) in [5.41, 5.74) is 0. The van der Waals surface area contributed by atoms with Gasteiger partial charge in [-0.05, 0) is 22.4 Å². The smallest absolute Gasteiger partial charge is 0.0166 e.